The highest BCUT2D eigenvalue weighted by Crippen LogP contribution is 2.27. The molecule has 94 valence electrons. The Hall–Kier alpha value is -1.92. The molecule has 1 aromatic rings. The first-order valence-electron chi connectivity index (χ1n) is 5.25. The number of anilines is 2. The van der Waals surface area contributed by atoms with Gasteiger partial charge in [-0.3, -0.25) is 10.1 Å². The van der Waals surface area contributed by atoms with Gasteiger partial charge in [0.2, 0.25) is 11.8 Å². The van der Waals surface area contributed by atoms with Gasteiger partial charge in [-0.2, -0.15) is 4.98 Å². The van der Waals surface area contributed by atoms with Crippen LogP contribution in [0.5, 0.6) is 0 Å². The first-order chi connectivity index (χ1) is 7.71. The predicted octanol–water partition coefficient (Wildman–Crippen LogP) is 1.81. The molecular weight excluding hydrogens is 222 g/mol. The summed E-state index contributed by atoms with van der Waals surface area (Å²) in [5.41, 5.74) is 5.21. The molecule has 0 aliphatic carbocycles. The molecule has 0 aromatic carbocycles. The van der Waals surface area contributed by atoms with Gasteiger partial charge in [0.05, 0.1) is 4.92 Å². The molecule has 0 fully saturated rings. The van der Waals surface area contributed by atoms with Crippen molar-refractivity contribution in [2.45, 2.75) is 33.7 Å². The number of nitrogens with zero attached hydrogens (tertiary/aromatic N) is 3. The van der Waals surface area contributed by atoms with E-state index in [-0.39, 0.29) is 28.9 Å². The predicted molar refractivity (Wildman–Crippen MR) is 65.6 cm³/mol. The number of nitro groups is 1. The third kappa shape index (κ3) is 3.27. The Kier molecular flexibility index (Phi) is 3.50. The monoisotopic (exact) mass is 239 g/mol. The highest BCUT2D eigenvalue weighted by molar-refractivity contribution is 5.56. The molecule has 7 nitrogen and oxygen atoms in total. The van der Waals surface area contributed by atoms with Crippen LogP contribution in [0.3, 0.4) is 0 Å². The van der Waals surface area contributed by atoms with E-state index in [1.54, 1.807) is 0 Å². The lowest BCUT2D eigenvalue weighted by Gasteiger charge is -2.28. The van der Waals surface area contributed by atoms with Gasteiger partial charge in [0.15, 0.2) is 0 Å². The quantitative estimate of drug-likeness (QED) is 0.615. The van der Waals surface area contributed by atoms with E-state index in [4.69, 9.17) is 5.73 Å². The third-order valence-electron chi connectivity index (χ3n) is 2.64. The van der Waals surface area contributed by atoms with Crippen LogP contribution in [0.25, 0.3) is 0 Å². The fourth-order valence-electron chi connectivity index (χ4n) is 1.05. The zero-order valence-corrected chi connectivity index (χ0v) is 10.4. The molecular formula is C10H17N5O2. The topological polar surface area (TPSA) is 107 Å². The van der Waals surface area contributed by atoms with E-state index < -0.39 is 4.92 Å². The summed E-state index contributed by atoms with van der Waals surface area (Å²) in [6, 6.07) is 0.00972. The summed E-state index contributed by atoms with van der Waals surface area (Å²) in [7, 11) is 0. The number of nitrogens with two attached hydrogens (primary N) is 1. The van der Waals surface area contributed by atoms with Crippen molar-refractivity contribution in [2.24, 2.45) is 5.41 Å². The average molecular weight is 239 g/mol. The molecule has 1 rings (SSSR count). The molecule has 1 atom stereocenters. The van der Waals surface area contributed by atoms with Crippen LogP contribution < -0.4 is 11.1 Å². The molecule has 1 aromatic heterocycles. The van der Waals surface area contributed by atoms with Gasteiger partial charge < -0.3 is 11.1 Å². The summed E-state index contributed by atoms with van der Waals surface area (Å²) in [5, 5.41) is 13.8. The fourth-order valence-corrected chi connectivity index (χ4v) is 1.05. The minimum Gasteiger partial charge on any atom is -0.368 e. The number of rotatable bonds is 3. The van der Waals surface area contributed by atoms with Crippen LogP contribution in [-0.4, -0.2) is 20.9 Å². The molecule has 0 aliphatic heterocycles. The van der Waals surface area contributed by atoms with Crippen LogP contribution >= 0.6 is 0 Å². The molecule has 1 heterocycles. The summed E-state index contributed by atoms with van der Waals surface area (Å²) in [4.78, 5) is 17.8. The van der Waals surface area contributed by atoms with E-state index >= 15 is 0 Å². The lowest BCUT2D eigenvalue weighted by atomic mass is 9.88. The van der Waals surface area contributed by atoms with Gasteiger partial charge in [0.1, 0.15) is 6.20 Å². The Morgan fingerprint density at radius 1 is 1.53 bits per heavy atom. The van der Waals surface area contributed by atoms with E-state index in [9.17, 15) is 10.1 Å². The standard InChI is InChI=1S/C10H17N5O2/c1-6(10(2,3)4)13-8-7(15(16)17)5-12-9(11)14-8/h5-6H,1-4H3,(H3,11,12,13,14). The fraction of sp³-hybridized carbons (Fsp3) is 0.600. The van der Waals surface area contributed by atoms with Crippen molar-refractivity contribution in [1.29, 1.82) is 0 Å². The van der Waals surface area contributed by atoms with Gasteiger partial charge in [-0.05, 0) is 12.3 Å². The van der Waals surface area contributed by atoms with Crippen molar-refractivity contribution in [1.82, 2.24) is 9.97 Å². The third-order valence-corrected chi connectivity index (χ3v) is 2.64. The molecule has 0 bridgehead atoms. The van der Waals surface area contributed by atoms with Crippen LogP contribution in [0, 0.1) is 15.5 Å². The van der Waals surface area contributed by atoms with Crippen LogP contribution in [0.15, 0.2) is 6.20 Å². The molecule has 0 aliphatic rings. The van der Waals surface area contributed by atoms with Crippen molar-refractivity contribution in [3.63, 3.8) is 0 Å². The van der Waals surface area contributed by atoms with Gasteiger partial charge in [0, 0.05) is 6.04 Å². The Morgan fingerprint density at radius 3 is 2.59 bits per heavy atom. The maximum atomic E-state index is 10.8. The van der Waals surface area contributed by atoms with Crippen LogP contribution in [0.1, 0.15) is 27.7 Å². The second-order valence-corrected chi connectivity index (χ2v) is 4.95. The molecule has 0 spiro atoms. The Morgan fingerprint density at radius 2 is 2.12 bits per heavy atom. The zero-order chi connectivity index (χ0) is 13.2. The Bertz CT molecular complexity index is 427. The smallest absolute Gasteiger partial charge is 0.329 e. The lowest BCUT2D eigenvalue weighted by molar-refractivity contribution is -0.384. The van der Waals surface area contributed by atoms with Gasteiger partial charge in [-0.25, -0.2) is 4.98 Å². The minimum absolute atomic E-state index is 0.00972. The maximum Gasteiger partial charge on any atom is 0.329 e. The average Bonchev–Trinajstić information content (AvgIpc) is 2.15. The summed E-state index contributed by atoms with van der Waals surface area (Å²) in [6.45, 7) is 8.02. The maximum absolute atomic E-state index is 10.8. The van der Waals surface area contributed by atoms with Crippen LogP contribution in [-0.2, 0) is 0 Å². The van der Waals surface area contributed by atoms with E-state index in [1.165, 1.54) is 0 Å². The second-order valence-electron chi connectivity index (χ2n) is 4.95. The summed E-state index contributed by atoms with van der Waals surface area (Å²) in [5.74, 6) is 0.170. The first-order valence-corrected chi connectivity index (χ1v) is 5.25. The molecule has 0 amide bonds. The highest BCUT2D eigenvalue weighted by Gasteiger charge is 2.24. The molecule has 17 heavy (non-hydrogen) atoms. The summed E-state index contributed by atoms with van der Waals surface area (Å²) in [6.07, 6.45) is 1.11. The van der Waals surface area contributed by atoms with E-state index in [0.29, 0.717) is 0 Å². The Balaban J connectivity index is 3.04. The first kappa shape index (κ1) is 13.1. The van der Waals surface area contributed by atoms with Crippen molar-refractivity contribution >= 4 is 17.5 Å². The molecule has 3 N–H and O–H groups in total. The molecule has 7 heteroatoms. The molecule has 0 saturated carbocycles. The number of aromatic nitrogens is 2. The highest BCUT2D eigenvalue weighted by atomic mass is 16.6. The Labute approximate surface area is 99.6 Å². The van der Waals surface area contributed by atoms with Gasteiger partial charge in [-0.1, -0.05) is 20.8 Å². The van der Waals surface area contributed by atoms with Crippen molar-refractivity contribution in [3.8, 4) is 0 Å². The van der Waals surface area contributed by atoms with E-state index in [2.05, 4.69) is 15.3 Å². The summed E-state index contributed by atoms with van der Waals surface area (Å²) >= 11 is 0. The number of nitrogens with one attached hydrogen (secondary N) is 1. The van der Waals surface area contributed by atoms with E-state index in [0.717, 1.165) is 6.20 Å². The summed E-state index contributed by atoms with van der Waals surface area (Å²) < 4.78 is 0. The SMILES string of the molecule is CC(Nc1nc(N)ncc1[N+](=O)[O-])C(C)(C)C. The van der Waals surface area contributed by atoms with Crippen LogP contribution in [0.2, 0.25) is 0 Å². The van der Waals surface area contributed by atoms with Gasteiger partial charge >= 0.3 is 5.69 Å². The van der Waals surface area contributed by atoms with E-state index in [1.807, 2.05) is 27.7 Å². The zero-order valence-electron chi connectivity index (χ0n) is 10.4. The van der Waals surface area contributed by atoms with Gasteiger partial charge in [-0.15, -0.1) is 0 Å². The normalized spacial score (nSPS) is 13.2. The van der Waals surface area contributed by atoms with Crippen LogP contribution in [0.4, 0.5) is 17.5 Å². The van der Waals surface area contributed by atoms with Gasteiger partial charge in [0.25, 0.3) is 0 Å². The minimum atomic E-state index is -0.531. The molecule has 1 unspecified atom stereocenters. The number of hydrogen-bond acceptors (Lipinski definition) is 6. The van der Waals surface area contributed by atoms with Crippen molar-refractivity contribution < 1.29 is 4.92 Å². The number of hydrogen-bond donors (Lipinski definition) is 2. The second kappa shape index (κ2) is 4.52. The molecule has 0 radical (unpaired) electrons. The van der Waals surface area contributed by atoms with Crippen molar-refractivity contribution in [2.75, 3.05) is 11.1 Å². The van der Waals surface area contributed by atoms with Crippen molar-refractivity contribution in [3.05, 3.63) is 16.3 Å². The largest absolute Gasteiger partial charge is 0.368 e. The lowest BCUT2D eigenvalue weighted by Crippen LogP contribution is -2.31. The molecule has 0 saturated heterocycles. The number of nitrogen functional groups attached to an aromatic ring is 1.